The molecule has 0 aliphatic carbocycles. The van der Waals surface area contributed by atoms with Gasteiger partial charge in [-0.2, -0.15) is 5.10 Å². The van der Waals surface area contributed by atoms with Crippen LogP contribution >= 0.6 is 23.2 Å². The summed E-state index contributed by atoms with van der Waals surface area (Å²) in [5, 5.41) is 3.83. The monoisotopic (exact) mass is 308 g/mol. The Bertz CT molecular complexity index is 567. The van der Waals surface area contributed by atoms with E-state index in [0.717, 1.165) is 0 Å². The average Bonchev–Trinajstić information content (AvgIpc) is 2.69. The summed E-state index contributed by atoms with van der Waals surface area (Å²) < 4.78 is 39.5. The first-order valence-electron chi connectivity index (χ1n) is 5.36. The van der Waals surface area contributed by atoms with E-state index < -0.39 is 12.1 Å². The predicted molar refractivity (Wildman–Crippen MR) is 67.3 cm³/mol. The molecule has 0 atom stereocenters. The lowest BCUT2D eigenvalue weighted by Crippen LogP contribution is -2.02. The van der Waals surface area contributed by atoms with Gasteiger partial charge < -0.3 is 0 Å². The minimum Gasteiger partial charge on any atom is -0.249 e. The smallest absolute Gasteiger partial charge is 0.249 e. The van der Waals surface area contributed by atoms with Crippen LogP contribution in [0.5, 0.6) is 0 Å². The van der Waals surface area contributed by atoms with Crippen molar-refractivity contribution in [3.05, 3.63) is 52.1 Å². The van der Waals surface area contributed by atoms with Gasteiger partial charge in [-0.3, -0.25) is 0 Å². The van der Waals surface area contributed by atoms with Crippen molar-refractivity contribution >= 4 is 23.2 Å². The zero-order valence-corrected chi connectivity index (χ0v) is 11.1. The third-order valence-corrected chi connectivity index (χ3v) is 3.29. The van der Waals surface area contributed by atoms with Crippen LogP contribution in [0.25, 0.3) is 0 Å². The van der Waals surface area contributed by atoms with Crippen LogP contribution < -0.4 is 0 Å². The molecule has 0 saturated carbocycles. The van der Waals surface area contributed by atoms with Crippen molar-refractivity contribution in [3.8, 4) is 0 Å². The molecule has 1 aromatic heterocycles. The van der Waals surface area contributed by atoms with E-state index in [9.17, 15) is 13.2 Å². The van der Waals surface area contributed by atoms with Gasteiger partial charge in [0.25, 0.3) is 6.43 Å². The molecule has 2 nitrogen and oxygen atoms in total. The summed E-state index contributed by atoms with van der Waals surface area (Å²) >= 11 is 11.6. The normalized spacial score (nSPS) is 11.3. The molecule has 0 unspecified atom stereocenters. The SMILES string of the molecule is Fc1ccc(Cn2nc(C(F)F)c(CCl)c2Cl)cc1. The molecule has 102 valence electrons. The highest BCUT2D eigenvalue weighted by molar-refractivity contribution is 6.31. The van der Waals surface area contributed by atoms with E-state index in [4.69, 9.17) is 23.2 Å². The van der Waals surface area contributed by atoms with E-state index in [1.54, 1.807) is 0 Å². The van der Waals surface area contributed by atoms with Crippen molar-refractivity contribution in [1.82, 2.24) is 9.78 Å². The van der Waals surface area contributed by atoms with Crippen molar-refractivity contribution in [3.63, 3.8) is 0 Å². The lowest BCUT2D eigenvalue weighted by molar-refractivity contribution is 0.144. The van der Waals surface area contributed by atoms with Gasteiger partial charge in [0.05, 0.1) is 12.4 Å². The molecular weight excluding hydrogens is 300 g/mol. The van der Waals surface area contributed by atoms with Crippen LogP contribution in [0.4, 0.5) is 13.2 Å². The summed E-state index contributed by atoms with van der Waals surface area (Å²) in [5.41, 5.74) is 0.412. The molecule has 0 aliphatic rings. The molecule has 2 rings (SSSR count). The Morgan fingerprint density at radius 1 is 1.21 bits per heavy atom. The molecular formula is C12H9Cl2F3N2. The lowest BCUT2D eigenvalue weighted by atomic mass is 10.2. The Balaban J connectivity index is 2.32. The number of hydrogen-bond acceptors (Lipinski definition) is 1. The van der Waals surface area contributed by atoms with Crippen LogP contribution in [-0.4, -0.2) is 9.78 Å². The summed E-state index contributed by atoms with van der Waals surface area (Å²) in [6.45, 7) is 0.176. The third-order valence-electron chi connectivity index (χ3n) is 2.60. The predicted octanol–water partition coefficient (Wildman–Crippen LogP) is 4.40. The Labute approximate surface area is 117 Å². The molecule has 1 aromatic carbocycles. The number of hydrogen-bond donors (Lipinski definition) is 0. The Morgan fingerprint density at radius 2 is 1.84 bits per heavy atom. The van der Waals surface area contributed by atoms with E-state index in [-0.39, 0.29) is 29.0 Å². The molecule has 0 spiro atoms. The molecule has 0 fully saturated rings. The first-order valence-corrected chi connectivity index (χ1v) is 6.27. The maximum Gasteiger partial charge on any atom is 0.282 e. The number of benzene rings is 1. The fourth-order valence-electron chi connectivity index (χ4n) is 1.66. The Kier molecular flexibility index (Phi) is 4.37. The standard InChI is InChI=1S/C12H9Cl2F3N2/c13-5-9-10(12(16)17)18-19(11(9)14)6-7-1-3-8(15)4-2-7/h1-4,12H,5-6H2. The molecule has 0 saturated heterocycles. The zero-order valence-electron chi connectivity index (χ0n) is 9.59. The fraction of sp³-hybridized carbons (Fsp3) is 0.250. The van der Waals surface area contributed by atoms with Crippen molar-refractivity contribution in [2.45, 2.75) is 18.9 Å². The van der Waals surface area contributed by atoms with E-state index in [1.165, 1.54) is 28.9 Å². The summed E-state index contributed by atoms with van der Waals surface area (Å²) in [5.74, 6) is -0.507. The second-order valence-electron chi connectivity index (χ2n) is 3.87. The first-order chi connectivity index (χ1) is 9.02. The van der Waals surface area contributed by atoms with Gasteiger partial charge >= 0.3 is 0 Å². The minimum atomic E-state index is -2.74. The second-order valence-corrected chi connectivity index (χ2v) is 4.50. The number of rotatable bonds is 4. The maximum atomic E-state index is 12.8. The molecule has 0 amide bonds. The van der Waals surface area contributed by atoms with Gasteiger partial charge in [-0.15, -0.1) is 11.6 Å². The van der Waals surface area contributed by atoms with Crippen LogP contribution in [0.2, 0.25) is 5.15 Å². The molecule has 0 bridgehead atoms. The van der Waals surface area contributed by atoms with Gasteiger partial charge in [0, 0.05) is 5.56 Å². The van der Waals surface area contributed by atoms with Crippen LogP contribution in [0.15, 0.2) is 24.3 Å². The Hall–Kier alpha value is -1.20. The van der Waals surface area contributed by atoms with Crippen LogP contribution in [0.3, 0.4) is 0 Å². The van der Waals surface area contributed by atoms with Crippen LogP contribution in [-0.2, 0) is 12.4 Å². The second kappa shape index (κ2) is 5.84. The highest BCUT2D eigenvalue weighted by atomic mass is 35.5. The van der Waals surface area contributed by atoms with Crippen LogP contribution in [0, 0.1) is 5.82 Å². The molecule has 1 heterocycles. The third kappa shape index (κ3) is 3.04. The van der Waals surface area contributed by atoms with Crippen LogP contribution in [0.1, 0.15) is 23.2 Å². The highest BCUT2D eigenvalue weighted by Crippen LogP contribution is 2.29. The van der Waals surface area contributed by atoms with E-state index >= 15 is 0 Å². The molecule has 0 N–H and O–H groups in total. The van der Waals surface area contributed by atoms with Gasteiger partial charge in [-0.05, 0) is 17.7 Å². The van der Waals surface area contributed by atoms with Gasteiger partial charge in [0.15, 0.2) is 0 Å². The lowest BCUT2D eigenvalue weighted by Gasteiger charge is -2.03. The Morgan fingerprint density at radius 3 is 2.32 bits per heavy atom. The number of halogens is 5. The van der Waals surface area contributed by atoms with Crippen molar-refractivity contribution < 1.29 is 13.2 Å². The maximum absolute atomic E-state index is 12.8. The van der Waals surface area contributed by atoms with Crippen molar-refractivity contribution in [2.75, 3.05) is 0 Å². The van der Waals surface area contributed by atoms with E-state index in [0.29, 0.717) is 5.56 Å². The van der Waals surface area contributed by atoms with E-state index in [1.807, 2.05) is 0 Å². The van der Waals surface area contributed by atoms with Gasteiger partial charge in [0.1, 0.15) is 16.7 Å². The van der Waals surface area contributed by atoms with Gasteiger partial charge in [-0.1, -0.05) is 23.7 Å². The van der Waals surface area contributed by atoms with Gasteiger partial charge in [-0.25, -0.2) is 17.9 Å². The fourth-order valence-corrected chi connectivity index (χ4v) is 2.26. The van der Waals surface area contributed by atoms with Crippen molar-refractivity contribution in [2.24, 2.45) is 0 Å². The minimum absolute atomic E-state index is 0.0784. The molecule has 0 aliphatic heterocycles. The molecule has 2 aromatic rings. The highest BCUT2D eigenvalue weighted by Gasteiger charge is 2.22. The van der Waals surface area contributed by atoms with Crippen molar-refractivity contribution in [1.29, 1.82) is 0 Å². The quantitative estimate of drug-likeness (QED) is 0.765. The van der Waals surface area contributed by atoms with Gasteiger partial charge in [0.2, 0.25) is 0 Å². The number of alkyl halides is 3. The summed E-state index contributed by atoms with van der Waals surface area (Å²) in [4.78, 5) is 0. The molecule has 0 radical (unpaired) electrons. The summed E-state index contributed by atoms with van der Waals surface area (Å²) in [7, 11) is 0. The molecule has 7 heteroatoms. The summed E-state index contributed by atoms with van der Waals surface area (Å²) in [6.07, 6.45) is -2.74. The van der Waals surface area contributed by atoms with E-state index in [2.05, 4.69) is 5.10 Å². The summed E-state index contributed by atoms with van der Waals surface area (Å²) in [6, 6.07) is 5.64. The average molecular weight is 309 g/mol. The topological polar surface area (TPSA) is 17.8 Å². The number of aromatic nitrogens is 2. The first kappa shape index (κ1) is 14.2. The largest absolute Gasteiger partial charge is 0.282 e. The number of nitrogens with zero attached hydrogens (tertiary/aromatic N) is 2. The molecule has 19 heavy (non-hydrogen) atoms. The zero-order chi connectivity index (χ0) is 14.0.